The van der Waals surface area contributed by atoms with Crippen molar-refractivity contribution in [1.82, 2.24) is 4.98 Å². The van der Waals surface area contributed by atoms with Gasteiger partial charge in [0.15, 0.2) is 0 Å². The van der Waals surface area contributed by atoms with Crippen molar-refractivity contribution >= 4 is 11.4 Å². The molecule has 3 aromatic carbocycles. The van der Waals surface area contributed by atoms with Crippen LogP contribution in [0.4, 0.5) is 5.69 Å². The number of pyridine rings is 1. The van der Waals surface area contributed by atoms with Crippen molar-refractivity contribution < 1.29 is 4.74 Å². The molecule has 0 bridgehead atoms. The van der Waals surface area contributed by atoms with E-state index in [-0.39, 0.29) is 6.04 Å². The van der Waals surface area contributed by atoms with Gasteiger partial charge in [0, 0.05) is 34.1 Å². The molecule has 0 unspecified atom stereocenters. The van der Waals surface area contributed by atoms with E-state index in [1.807, 2.05) is 72.8 Å². The average Bonchev–Trinajstić information content (AvgIpc) is 2.84. The Balaban J connectivity index is 1.64. The van der Waals surface area contributed by atoms with Crippen LogP contribution in [0, 0.1) is 5.41 Å². The van der Waals surface area contributed by atoms with E-state index >= 15 is 0 Å². The van der Waals surface area contributed by atoms with Crippen LogP contribution in [0.3, 0.4) is 0 Å². The SMILES string of the molecule is CC(=N)c1cc(-c2cc(OC[C@@H](N)Cc3ccccc3)cnc2-c2ccccc2)ccc1N. The summed E-state index contributed by atoms with van der Waals surface area (Å²) in [5.74, 6) is 0.651. The normalized spacial score (nSPS) is 11.7. The second-order valence-electron chi connectivity index (χ2n) is 8.12. The van der Waals surface area contributed by atoms with E-state index in [1.165, 1.54) is 5.56 Å². The highest BCUT2D eigenvalue weighted by Crippen LogP contribution is 2.34. The maximum Gasteiger partial charge on any atom is 0.138 e. The lowest BCUT2D eigenvalue weighted by molar-refractivity contribution is 0.287. The van der Waals surface area contributed by atoms with Crippen molar-refractivity contribution in [3.05, 3.63) is 102 Å². The third-order valence-corrected chi connectivity index (χ3v) is 5.48. The summed E-state index contributed by atoms with van der Waals surface area (Å²) in [5, 5.41) is 8.07. The van der Waals surface area contributed by atoms with Gasteiger partial charge in [0.05, 0.1) is 11.9 Å². The Morgan fingerprint density at radius 2 is 1.64 bits per heavy atom. The molecule has 0 saturated heterocycles. The summed E-state index contributed by atoms with van der Waals surface area (Å²) in [6, 6.07) is 27.8. The molecule has 5 heteroatoms. The van der Waals surface area contributed by atoms with Gasteiger partial charge in [-0.25, -0.2) is 0 Å². The number of anilines is 1. The first-order valence-electron chi connectivity index (χ1n) is 10.9. The number of hydrogen-bond acceptors (Lipinski definition) is 5. The van der Waals surface area contributed by atoms with Crippen LogP contribution >= 0.6 is 0 Å². The van der Waals surface area contributed by atoms with Crippen LogP contribution in [0.2, 0.25) is 0 Å². The van der Waals surface area contributed by atoms with Gasteiger partial charge in [-0.15, -0.1) is 0 Å². The molecule has 0 amide bonds. The van der Waals surface area contributed by atoms with Crippen molar-refractivity contribution in [3.63, 3.8) is 0 Å². The van der Waals surface area contributed by atoms with Crippen molar-refractivity contribution in [2.24, 2.45) is 5.73 Å². The Labute approximate surface area is 194 Å². The Bertz CT molecular complexity index is 1240. The van der Waals surface area contributed by atoms with Crippen LogP contribution in [0.1, 0.15) is 18.1 Å². The molecule has 1 heterocycles. The van der Waals surface area contributed by atoms with Gasteiger partial charge in [0.25, 0.3) is 0 Å². The van der Waals surface area contributed by atoms with Gasteiger partial charge in [-0.05, 0) is 42.7 Å². The van der Waals surface area contributed by atoms with Gasteiger partial charge in [0.2, 0.25) is 0 Å². The number of ether oxygens (including phenoxy) is 1. The molecule has 0 aliphatic carbocycles. The van der Waals surface area contributed by atoms with E-state index in [1.54, 1.807) is 13.1 Å². The predicted molar refractivity (Wildman–Crippen MR) is 136 cm³/mol. The van der Waals surface area contributed by atoms with E-state index in [4.69, 9.17) is 26.6 Å². The molecule has 1 aromatic heterocycles. The van der Waals surface area contributed by atoms with Crippen molar-refractivity contribution in [3.8, 4) is 28.1 Å². The summed E-state index contributed by atoms with van der Waals surface area (Å²) in [4.78, 5) is 4.73. The summed E-state index contributed by atoms with van der Waals surface area (Å²) in [5.41, 5.74) is 19.0. The van der Waals surface area contributed by atoms with Crippen LogP contribution in [-0.4, -0.2) is 23.3 Å². The molecule has 33 heavy (non-hydrogen) atoms. The minimum absolute atomic E-state index is 0.131. The lowest BCUT2D eigenvalue weighted by Gasteiger charge is -2.16. The zero-order valence-corrected chi connectivity index (χ0v) is 18.7. The first-order chi connectivity index (χ1) is 16.0. The molecular formula is C28H28N4O. The maximum atomic E-state index is 8.07. The molecule has 0 fully saturated rings. The third-order valence-electron chi connectivity index (χ3n) is 5.48. The highest BCUT2D eigenvalue weighted by Gasteiger charge is 2.14. The zero-order valence-electron chi connectivity index (χ0n) is 18.7. The summed E-state index contributed by atoms with van der Waals surface area (Å²) in [6.45, 7) is 2.12. The number of nitrogens with zero attached hydrogens (tertiary/aromatic N) is 1. The number of nitrogens with two attached hydrogens (primary N) is 2. The number of benzene rings is 3. The van der Waals surface area contributed by atoms with Gasteiger partial charge < -0.3 is 21.6 Å². The summed E-state index contributed by atoms with van der Waals surface area (Å²) < 4.78 is 6.04. The number of hydrogen-bond donors (Lipinski definition) is 3. The van der Waals surface area contributed by atoms with Crippen LogP contribution in [-0.2, 0) is 6.42 Å². The molecule has 0 aliphatic heterocycles. The number of rotatable bonds is 8. The van der Waals surface area contributed by atoms with Crippen LogP contribution in [0.25, 0.3) is 22.4 Å². The fourth-order valence-electron chi connectivity index (χ4n) is 3.80. The van der Waals surface area contributed by atoms with Gasteiger partial charge >= 0.3 is 0 Å². The fourth-order valence-corrected chi connectivity index (χ4v) is 3.80. The van der Waals surface area contributed by atoms with Crippen LogP contribution < -0.4 is 16.2 Å². The molecule has 5 N–H and O–H groups in total. The highest BCUT2D eigenvalue weighted by molar-refractivity contribution is 6.02. The summed E-state index contributed by atoms with van der Waals surface area (Å²) in [7, 11) is 0. The second-order valence-corrected chi connectivity index (χ2v) is 8.12. The average molecular weight is 437 g/mol. The first kappa shape index (κ1) is 22.2. The number of nitrogen functional groups attached to an aromatic ring is 1. The minimum atomic E-state index is -0.131. The Kier molecular flexibility index (Phi) is 6.81. The van der Waals surface area contributed by atoms with Gasteiger partial charge in [-0.3, -0.25) is 4.98 Å². The summed E-state index contributed by atoms with van der Waals surface area (Å²) >= 11 is 0. The number of aromatic nitrogens is 1. The van der Waals surface area contributed by atoms with E-state index in [0.29, 0.717) is 29.3 Å². The minimum Gasteiger partial charge on any atom is -0.490 e. The first-order valence-corrected chi connectivity index (χ1v) is 10.9. The van der Waals surface area contributed by atoms with Crippen LogP contribution in [0.15, 0.2) is 91.1 Å². The lowest BCUT2D eigenvalue weighted by atomic mass is 9.96. The zero-order chi connectivity index (χ0) is 23.2. The third kappa shape index (κ3) is 5.45. The molecular weight excluding hydrogens is 408 g/mol. The molecule has 5 nitrogen and oxygen atoms in total. The van der Waals surface area contributed by atoms with Gasteiger partial charge in [-0.2, -0.15) is 0 Å². The smallest absolute Gasteiger partial charge is 0.138 e. The van der Waals surface area contributed by atoms with E-state index in [9.17, 15) is 0 Å². The molecule has 0 spiro atoms. The summed E-state index contributed by atoms with van der Waals surface area (Å²) in [6.07, 6.45) is 2.48. The molecule has 166 valence electrons. The maximum absolute atomic E-state index is 8.07. The van der Waals surface area contributed by atoms with Crippen molar-refractivity contribution in [2.45, 2.75) is 19.4 Å². The predicted octanol–water partition coefficient (Wildman–Crippen LogP) is 5.33. The number of nitrogens with one attached hydrogen (secondary N) is 1. The van der Waals surface area contributed by atoms with Gasteiger partial charge in [0.1, 0.15) is 12.4 Å². The quantitative estimate of drug-likeness (QED) is 0.257. The largest absolute Gasteiger partial charge is 0.490 e. The standard InChI is InChI=1S/C28H28N4O/c1-19(29)25-15-22(12-13-27(25)31)26-16-24(17-32-28(26)21-10-6-3-7-11-21)33-18-23(30)14-20-8-4-2-5-9-20/h2-13,15-17,23,29H,14,18,30-31H2,1H3/t23-/m0/s1. The fraction of sp³-hybridized carbons (Fsp3) is 0.143. The molecule has 4 aromatic rings. The molecule has 0 saturated carbocycles. The molecule has 0 aliphatic rings. The lowest BCUT2D eigenvalue weighted by Crippen LogP contribution is -2.30. The molecule has 1 atom stereocenters. The monoisotopic (exact) mass is 436 g/mol. The molecule has 4 rings (SSSR count). The van der Waals surface area contributed by atoms with Crippen molar-refractivity contribution in [2.75, 3.05) is 12.3 Å². The Morgan fingerprint density at radius 1 is 0.939 bits per heavy atom. The second kappa shape index (κ2) is 10.1. The van der Waals surface area contributed by atoms with E-state index < -0.39 is 0 Å². The molecule has 0 radical (unpaired) electrons. The Morgan fingerprint density at radius 3 is 2.33 bits per heavy atom. The topological polar surface area (TPSA) is 98.0 Å². The highest BCUT2D eigenvalue weighted by atomic mass is 16.5. The van der Waals surface area contributed by atoms with E-state index in [2.05, 4.69) is 12.1 Å². The Hall–Kier alpha value is -3.96. The van der Waals surface area contributed by atoms with Crippen LogP contribution in [0.5, 0.6) is 5.75 Å². The van der Waals surface area contributed by atoms with E-state index in [0.717, 1.165) is 28.8 Å². The van der Waals surface area contributed by atoms with Gasteiger partial charge in [-0.1, -0.05) is 66.7 Å². The van der Waals surface area contributed by atoms with Crippen molar-refractivity contribution in [1.29, 1.82) is 5.41 Å².